The number of rotatable bonds is 1. The first-order chi connectivity index (χ1) is 3.19. The average molecular weight is 100 g/mol. The van der Waals surface area contributed by atoms with Crippen molar-refractivity contribution in [3.8, 4) is 0 Å². The lowest BCUT2D eigenvalue weighted by Gasteiger charge is -2.03. The van der Waals surface area contributed by atoms with Crippen LogP contribution in [0, 0.1) is 5.92 Å². The fraction of sp³-hybridized carbons (Fsp3) is 1.00. The van der Waals surface area contributed by atoms with Crippen LogP contribution in [0.4, 0.5) is 0 Å². The summed E-state index contributed by atoms with van der Waals surface area (Å²) in [5, 5.41) is 0. The van der Waals surface area contributed by atoms with Gasteiger partial charge in [0, 0.05) is 7.11 Å². The van der Waals surface area contributed by atoms with Gasteiger partial charge in [-0.3, -0.25) is 0 Å². The van der Waals surface area contributed by atoms with E-state index in [4.69, 9.17) is 4.74 Å². The molecule has 0 unspecified atom stereocenters. The minimum Gasteiger partial charge on any atom is -0.378 e. The highest BCUT2D eigenvalue weighted by molar-refractivity contribution is 4.97. The molecule has 0 N–H and O–H groups in total. The molecular formula is C6H12O. The Labute approximate surface area is 44.7 Å². The highest BCUT2D eigenvalue weighted by Gasteiger charge is 2.46. The lowest BCUT2D eigenvalue weighted by atomic mass is 10.3. The first-order valence-corrected chi connectivity index (χ1v) is 2.74. The van der Waals surface area contributed by atoms with E-state index in [0.717, 1.165) is 5.92 Å². The maximum absolute atomic E-state index is 5.16. The molecule has 2 atom stereocenters. The van der Waals surface area contributed by atoms with Crippen molar-refractivity contribution in [2.45, 2.75) is 25.9 Å². The van der Waals surface area contributed by atoms with Gasteiger partial charge in [-0.05, 0) is 19.3 Å². The third-order valence-corrected chi connectivity index (χ3v) is 2.06. The predicted octanol–water partition coefficient (Wildman–Crippen LogP) is 1.43. The van der Waals surface area contributed by atoms with E-state index >= 15 is 0 Å². The fourth-order valence-electron chi connectivity index (χ4n) is 0.834. The van der Waals surface area contributed by atoms with Crippen LogP contribution < -0.4 is 0 Å². The maximum Gasteiger partial charge on any atom is 0.0680 e. The molecule has 0 spiro atoms. The summed E-state index contributed by atoms with van der Waals surface area (Å²) in [6.45, 7) is 4.36. The molecule has 1 saturated carbocycles. The number of hydrogen-bond acceptors (Lipinski definition) is 1. The summed E-state index contributed by atoms with van der Waals surface area (Å²) in [7, 11) is 1.78. The number of methoxy groups -OCH3 is 1. The zero-order valence-corrected chi connectivity index (χ0v) is 5.19. The second-order valence-electron chi connectivity index (χ2n) is 2.62. The molecule has 42 valence electrons. The van der Waals surface area contributed by atoms with Gasteiger partial charge in [0.15, 0.2) is 0 Å². The largest absolute Gasteiger partial charge is 0.378 e. The Balaban J connectivity index is 2.36. The van der Waals surface area contributed by atoms with Crippen LogP contribution in [0.1, 0.15) is 20.3 Å². The molecule has 0 heterocycles. The molecule has 0 saturated heterocycles. The molecule has 0 bridgehead atoms. The Bertz CT molecular complexity index is 76.2. The van der Waals surface area contributed by atoms with Crippen LogP contribution in [0.2, 0.25) is 0 Å². The average Bonchev–Trinajstić information content (AvgIpc) is 2.18. The van der Waals surface area contributed by atoms with Crippen LogP contribution in [0.15, 0.2) is 0 Å². The monoisotopic (exact) mass is 100 g/mol. The SMILES string of the molecule is CO[C@]1(C)C[C@H]1C. The van der Waals surface area contributed by atoms with Crippen molar-refractivity contribution in [2.24, 2.45) is 5.92 Å². The molecule has 1 fully saturated rings. The normalized spacial score (nSPS) is 49.3. The van der Waals surface area contributed by atoms with Gasteiger partial charge in [-0.1, -0.05) is 6.92 Å². The highest BCUT2D eigenvalue weighted by Crippen LogP contribution is 2.45. The van der Waals surface area contributed by atoms with Crippen LogP contribution in [0.3, 0.4) is 0 Å². The van der Waals surface area contributed by atoms with Crippen LogP contribution in [0.5, 0.6) is 0 Å². The molecule has 1 heteroatoms. The van der Waals surface area contributed by atoms with Crippen molar-refractivity contribution in [1.29, 1.82) is 0 Å². The topological polar surface area (TPSA) is 9.23 Å². The molecule has 0 amide bonds. The molecule has 0 radical (unpaired) electrons. The van der Waals surface area contributed by atoms with Crippen LogP contribution in [0.25, 0.3) is 0 Å². The van der Waals surface area contributed by atoms with Gasteiger partial charge >= 0.3 is 0 Å². The summed E-state index contributed by atoms with van der Waals surface area (Å²) in [5.74, 6) is 0.789. The van der Waals surface area contributed by atoms with Crippen LogP contribution >= 0.6 is 0 Å². The zero-order valence-electron chi connectivity index (χ0n) is 5.19. The van der Waals surface area contributed by atoms with Crippen molar-refractivity contribution in [1.82, 2.24) is 0 Å². The third-order valence-electron chi connectivity index (χ3n) is 2.06. The molecule has 1 aliphatic rings. The molecule has 0 aliphatic heterocycles. The summed E-state index contributed by atoms with van der Waals surface area (Å²) in [6.07, 6.45) is 1.24. The summed E-state index contributed by atoms with van der Waals surface area (Å²) in [4.78, 5) is 0. The lowest BCUT2D eigenvalue weighted by molar-refractivity contribution is 0.0843. The highest BCUT2D eigenvalue weighted by atomic mass is 16.5. The van der Waals surface area contributed by atoms with Gasteiger partial charge in [-0.15, -0.1) is 0 Å². The first-order valence-electron chi connectivity index (χ1n) is 2.74. The third kappa shape index (κ3) is 0.653. The molecule has 1 nitrogen and oxygen atoms in total. The second kappa shape index (κ2) is 1.22. The van der Waals surface area contributed by atoms with Gasteiger partial charge in [0.05, 0.1) is 5.60 Å². The van der Waals surface area contributed by atoms with Crippen molar-refractivity contribution in [3.63, 3.8) is 0 Å². The molecule has 0 aromatic rings. The lowest BCUT2D eigenvalue weighted by Crippen LogP contribution is -2.06. The predicted molar refractivity (Wildman–Crippen MR) is 29.2 cm³/mol. The summed E-state index contributed by atoms with van der Waals surface area (Å²) in [5.41, 5.74) is 0.250. The van der Waals surface area contributed by atoms with Crippen molar-refractivity contribution >= 4 is 0 Å². The quantitative estimate of drug-likeness (QED) is 0.484. The van der Waals surface area contributed by atoms with Crippen molar-refractivity contribution in [2.75, 3.05) is 7.11 Å². The molecular weight excluding hydrogens is 88.1 g/mol. The Morgan fingerprint density at radius 3 is 2.14 bits per heavy atom. The Kier molecular flexibility index (Phi) is 0.890. The second-order valence-corrected chi connectivity index (χ2v) is 2.62. The van der Waals surface area contributed by atoms with Crippen LogP contribution in [-0.4, -0.2) is 12.7 Å². The van der Waals surface area contributed by atoms with Gasteiger partial charge in [0.2, 0.25) is 0 Å². The maximum atomic E-state index is 5.16. The van der Waals surface area contributed by atoms with Gasteiger partial charge in [0.25, 0.3) is 0 Å². The summed E-state index contributed by atoms with van der Waals surface area (Å²) >= 11 is 0. The molecule has 0 aromatic heterocycles. The standard InChI is InChI=1S/C6H12O/c1-5-4-6(5,2)7-3/h5H,4H2,1-3H3/t5-,6-/m1/s1. The minimum atomic E-state index is 0.250. The van der Waals surface area contributed by atoms with Crippen molar-refractivity contribution in [3.05, 3.63) is 0 Å². The summed E-state index contributed by atoms with van der Waals surface area (Å²) in [6, 6.07) is 0. The zero-order chi connectivity index (χ0) is 5.49. The van der Waals surface area contributed by atoms with E-state index in [2.05, 4.69) is 13.8 Å². The first kappa shape index (κ1) is 5.10. The molecule has 1 rings (SSSR count). The molecule has 7 heavy (non-hydrogen) atoms. The van der Waals surface area contributed by atoms with E-state index in [1.807, 2.05) is 0 Å². The van der Waals surface area contributed by atoms with E-state index in [9.17, 15) is 0 Å². The smallest absolute Gasteiger partial charge is 0.0680 e. The van der Waals surface area contributed by atoms with E-state index in [1.165, 1.54) is 6.42 Å². The Morgan fingerprint density at radius 1 is 1.71 bits per heavy atom. The van der Waals surface area contributed by atoms with E-state index < -0.39 is 0 Å². The Morgan fingerprint density at radius 2 is 2.14 bits per heavy atom. The van der Waals surface area contributed by atoms with Gasteiger partial charge in [0.1, 0.15) is 0 Å². The van der Waals surface area contributed by atoms with E-state index in [-0.39, 0.29) is 5.60 Å². The molecule has 0 aromatic carbocycles. The minimum absolute atomic E-state index is 0.250. The van der Waals surface area contributed by atoms with Gasteiger partial charge < -0.3 is 4.74 Å². The Hall–Kier alpha value is -0.0400. The van der Waals surface area contributed by atoms with Crippen molar-refractivity contribution < 1.29 is 4.74 Å². The number of ether oxygens (including phenoxy) is 1. The summed E-state index contributed by atoms with van der Waals surface area (Å²) < 4.78 is 5.16. The van der Waals surface area contributed by atoms with E-state index in [1.54, 1.807) is 7.11 Å². The van der Waals surface area contributed by atoms with Crippen LogP contribution in [-0.2, 0) is 4.74 Å². The fourth-order valence-corrected chi connectivity index (χ4v) is 0.834. The molecule has 1 aliphatic carbocycles. The van der Waals surface area contributed by atoms with Gasteiger partial charge in [-0.2, -0.15) is 0 Å². The van der Waals surface area contributed by atoms with E-state index in [0.29, 0.717) is 0 Å². The van der Waals surface area contributed by atoms with Gasteiger partial charge in [-0.25, -0.2) is 0 Å². The number of hydrogen-bond donors (Lipinski definition) is 0.